The minimum atomic E-state index is -0.0147. The summed E-state index contributed by atoms with van der Waals surface area (Å²) in [6, 6.07) is 7.99. The van der Waals surface area contributed by atoms with Crippen molar-refractivity contribution < 1.29 is 9.53 Å². The van der Waals surface area contributed by atoms with E-state index in [0.29, 0.717) is 19.6 Å². The van der Waals surface area contributed by atoms with E-state index in [1.54, 1.807) is 11.3 Å². The van der Waals surface area contributed by atoms with Gasteiger partial charge in [0.05, 0.1) is 35.9 Å². The summed E-state index contributed by atoms with van der Waals surface area (Å²) in [6.45, 7) is 2.77. The molecule has 1 saturated heterocycles. The third-order valence-corrected chi connectivity index (χ3v) is 4.23. The van der Waals surface area contributed by atoms with E-state index < -0.39 is 0 Å². The molecule has 5 nitrogen and oxygen atoms in total. The minimum Gasteiger partial charge on any atom is -0.375 e. The normalized spacial score (nSPS) is 19.1. The van der Waals surface area contributed by atoms with Crippen molar-refractivity contribution in [3.8, 4) is 0 Å². The van der Waals surface area contributed by atoms with E-state index >= 15 is 0 Å². The fraction of sp³-hybridized carbons (Fsp3) is 0.429. The van der Waals surface area contributed by atoms with E-state index in [9.17, 15) is 4.79 Å². The Hall–Kier alpha value is -1.50. The number of carbonyl (C=O) groups is 1. The van der Waals surface area contributed by atoms with Gasteiger partial charge >= 0.3 is 0 Å². The molecular formula is C14H17N3O2S. The van der Waals surface area contributed by atoms with Crippen LogP contribution in [0.4, 0.5) is 0 Å². The average molecular weight is 291 g/mol. The number of ether oxygens (including phenoxy) is 1. The first-order chi connectivity index (χ1) is 9.81. The maximum absolute atomic E-state index is 11.9. The smallest absolute Gasteiger partial charge is 0.223 e. The Morgan fingerprint density at radius 3 is 3.20 bits per heavy atom. The molecule has 106 valence electrons. The van der Waals surface area contributed by atoms with Crippen molar-refractivity contribution in [2.45, 2.75) is 19.1 Å². The molecule has 0 aliphatic carbocycles. The quantitative estimate of drug-likeness (QED) is 0.891. The molecule has 1 aliphatic heterocycles. The molecule has 1 amide bonds. The van der Waals surface area contributed by atoms with Crippen molar-refractivity contribution >= 4 is 27.5 Å². The van der Waals surface area contributed by atoms with Crippen molar-refractivity contribution in [2.24, 2.45) is 0 Å². The molecule has 20 heavy (non-hydrogen) atoms. The van der Waals surface area contributed by atoms with E-state index in [4.69, 9.17) is 4.74 Å². The molecule has 2 heterocycles. The fourth-order valence-electron chi connectivity index (χ4n) is 2.20. The van der Waals surface area contributed by atoms with Crippen LogP contribution in [0, 0.1) is 0 Å². The van der Waals surface area contributed by atoms with Gasteiger partial charge in [0.15, 0.2) is 0 Å². The highest BCUT2D eigenvalue weighted by molar-refractivity contribution is 7.18. The third kappa shape index (κ3) is 3.33. The highest BCUT2D eigenvalue weighted by atomic mass is 32.1. The molecule has 2 aromatic rings. The number of hydrogen-bond donors (Lipinski definition) is 2. The zero-order valence-corrected chi connectivity index (χ0v) is 11.9. The van der Waals surface area contributed by atoms with Gasteiger partial charge in [0.25, 0.3) is 0 Å². The van der Waals surface area contributed by atoms with Gasteiger partial charge in [-0.25, -0.2) is 4.98 Å². The van der Waals surface area contributed by atoms with Gasteiger partial charge in [-0.15, -0.1) is 11.3 Å². The first-order valence-electron chi connectivity index (χ1n) is 6.75. The van der Waals surface area contributed by atoms with E-state index in [1.807, 2.05) is 24.3 Å². The van der Waals surface area contributed by atoms with Crippen LogP contribution in [0.25, 0.3) is 10.2 Å². The molecule has 1 aromatic heterocycles. The number of morpholine rings is 1. The zero-order valence-electron chi connectivity index (χ0n) is 11.1. The average Bonchev–Trinajstić information content (AvgIpc) is 2.89. The van der Waals surface area contributed by atoms with E-state index in [-0.39, 0.29) is 12.0 Å². The summed E-state index contributed by atoms with van der Waals surface area (Å²) < 4.78 is 6.66. The van der Waals surface area contributed by atoms with Crippen molar-refractivity contribution in [3.63, 3.8) is 0 Å². The number of thiazole rings is 1. The highest BCUT2D eigenvalue weighted by Gasteiger charge is 2.17. The van der Waals surface area contributed by atoms with E-state index in [2.05, 4.69) is 15.6 Å². The zero-order chi connectivity index (χ0) is 13.8. The molecule has 1 aromatic carbocycles. The van der Waals surface area contributed by atoms with Gasteiger partial charge in [0.2, 0.25) is 5.91 Å². The maximum atomic E-state index is 11.9. The molecule has 2 N–H and O–H groups in total. The molecule has 3 rings (SSSR count). The van der Waals surface area contributed by atoms with Crippen LogP contribution in [0.1, 0.15) is 11.4 Å². The summed E-state index contributed by atoms with van der Waals surface area (Å²) in [7, 11) is 0. The molecule has 0 bridgehead atoms. The lowest BCUT2D eigenvalue weighted by molar-refractivity contribution is -0.124. The molecular weight excluding hydrogens is 274 g/mol. The Kier molecular flexibility index (Phi) is 4.25. The van der Waals surface area contributed by atoms with Gasteiger partial charge < -0.3 is 15.4 Å². The lowest BCUT2D eigenvalue weighted by Crippen LogP contribution is -2.41. The Morgan fingerprint density at radius 1 is 1.50 bits per heavy atom. The largest absolute Gasteiger partial charge is 0.375 e. The lowest BCUT2D eigenvalue weighted by atomic mass is 10.2. The third-order valence-electron chi connectivity index (χ3n) is 3.19. The summed E-state index contributed by atoms with van der Waals surface area (Å²) in [5.41, 5.74) is 0.988. The van der Waals surface area contributed by atoms with Gasteiger partial charge in [-0.1, -0.05) is 12.1 Å². The minimum absolute atomic E-state index is 0.0120. The first kappa shape index (κ1) is 13.5. The number of nitrogens with zero attached hydrogens (tertiary/aromatic N) is 1. The fourth-order valence-corrected chi connectivity index (χ4v) is 3.11. The number of fused-ring (bicyclic) bond motifs is 1. The van der Waals surface area contributed by atoms with Crippen LogP contribution >= 0.6 is 11.3 Å². The van der Waals surface area contributed by atoms with Crippen molar-refractivity contribution in [3.05, 3.63) is 29.3 Å². The van der Waals surface area contributed by atoms with E-state index in [1.165, 1.54) is 0 Å². The van der Waals surface area contributed by atoms with Crippen molar-refractivity contribution in [1.29, 1.82) is 0 Å². The van der Waals surface area contributed by atoms with Gasteiger partial charge in [-0.05, 0) is 12.1 Å². The Bertz CT molecular complexity index is 560. The Balaban J connectivity index is 1.51. The first-order valence-corrected chi connectivity index (χ1v) is 7.56. The molecule has 1 fully saturated rings. The summed E-state index contributed by atoms with van der Waals surface area (Å²) in [5, 5.41) is 7.06. The number of carbonyl (C=O) groups excluding carboxylic acids is 1. The van der Waals surface area contributed by atoms with Crippen LogP contribution in [0.2, 0.25) is 0 Å². The number of rotatable bonds is 4. The number of benzene rings is 1. The van der Waals surface area contributed by atoms with E-state index in [0.717, 1.165) is 28.3 Å². The van der Waals surface area contributed by atoms with Crippen molar-refractivity contribution in [1.82, 2.24) is 15.6 Å². The van der Waals surface area contributed by atoms with Crippen LogP contribution in [0.15, 0.2) is 24.3 Å². The number of nitrogens with one attached hydrogen (secondary N) is 2. The molecule has 0 unspecified atom stereocenters. The predicted octanol–water partition coefficient (Wildman–Crippen LogP) is 1.29. The number of amides is 1. The van der Waals surface area contributed by atoms with Crippen LogP contribution in [0.3, 0.4) is 0 Å². The maximum Gasteiger partial charge on any atom is 0.223 e. The topological polar surface area (TPSA) is 63.2 Å². The molecule has 6 heteroatoms. The van der Waals surface area contributed by atoms with Gasteiger partial charge in [0, 0.05) is 13.1 Å². The highest BCUT2D eigenvalue weighted by Crippen LogP contribution is 2.21. The second-order valence-corrected chi connectivity index (χ2v) is 5.87. The monoisotopic (exact) mass is 291 g/mol. The number of aromatic nitrogens is 1. The van der Waals surface area contributed by atoms with Crippen LogP contribution < -0.4 is 10.6 Å². The van der Waals surface area contributed by atoms with Crippen molar-refractivity contribution in [2.75, 3.05) is 19.7 Å². The Morgan fingerprint density at radius 2 is 2.40 bits per heavy atom. The number of para-hydroxylation sites is 1. The van der Waals surface area contributed by atoms with Gasteiger partial charge in [0.1, 0.15) is 5.01 Å². The lowest BCUT2D eigenvalue weighted by Gasteiger charge is -2.22. The SMILES string of the molecule is O=C(C[C@H]1CNCCO1)NCc1nc2ccccc2s1. The van der Waals surface area contributed by atoms with Crippen LogP contribution in [-0.2, 0) is 16.1 Å². The second kappa shape index (κ2) is 6.30. The summed E-state index contributed by atoms with van der Waals surface area (Å²) in [6.07, 6.45) is 0.386. The molecule has 1 aliphatic rings. The molecule has 1 atom stereocenters. The van der Waals surface area contributed by atoms with Crippen LogP contribution in [-0.4, -0.2) is 36.7 Å². The van der Waals surface area contributed by atoms with Gasteiger partial charge in [-0.3, -0.25) is 4.79 Å². The summed E-state index contributed by atoms with van der Waals surface area (Å²) in [5.74, 6) is 0.0120. The molecule has 0 saturated carbocycles. The number of hydrogen-bond acceptors (Lipinski definition) is 5. The van der Waals surface area contributed by atoms with Crippen LogP contribution in [0.5, 0.6) is 0 Å². The Labute approximate surface area is 121 Å². The van der Waals surface area contributed by atoms with Gasteiger partial charge in [-0.2, -0.15) is 0 Å². The second-order valence-electron chi connectivity index (χ2n) is 4.75. The molecule has 0 spiro atoms. The molecule has 0 radical (unpaired) electrons. The standard InChI is InChI=1S/C14H17N3O2S/c18-13(7-10-8-15-5-6-19-10)16-9-14-17-11-3-1-2-4-12(11)20-14/h1-4,10,15H,5-9H2,(H,16,18)/t10-/m0/s1. The summed E-state index contributed by atoms with van der Waals surface area (Å²) in [4.78, 5) is 16.3. The predicted molar refractivity (Wildman–Crippen MR) is 78.7 cm³/mol. The summed E-state index contributed by atoms with van der Waals surface area (Å²) >= 11 is 1.62.